The van der Waals surface area contributed by atoms with E-state index < -0.39 is 0 Å². The van der Waals surface area contributed by atoms with Crippen LogP contribution in [0.5, 0.6) is 0 Å². The minimum Gasteiger partial charge on any atom is -0.329 e. The van der Waals surface area contributed by atoms with Crippen LogP contribution in [0.4, 0.5) is 0 Å². The number of hydrogen-bond donors (Lipinski definition) is 1. The zero-order valence-corrected chi connectivity index (χ0v) is 13.5. The molecule has 1 saturated heterocycles. The van der Waals surface area contributed by atoms with Gasteiger partial charge in [-0.2, -0.15) is 11.8 Å². The number of halogens is 1. The van der Waals surface area contributed by atoms with Crippen molar-refractivity contribution in [3.05, 3.63) is 34.9 Å². The van der Waals surface area contributed by atoms with Gasteiger partial charge in [0.05, 0.1) is 0 Å². The fourth-order valence-electron chi connectivity index (χ4n) is 2.92. The molecule has 0 aliphatic carbocycles. The van der Waals surface area contributed by atoms with E-state index in [0.29, 0.717) is 11.8 Å². The number of nitrogens with zero attached hydrogens (tertiary/aromatic N) is 1. The summed E-state index contributed by atoms with van der Waals surface area (Å²) in [4.78, 5) is 2.42. The number of hydrogen-bond acceptors (Lipinski definition) is 3. The summed E-state index contributed by atoms with van der Waals surface area (Å²) >= 11 is 8.34. The van der Waals surface area contributed by atoms with E-state index in [-0.39, 0.29) is 11.6 Å². The lowest BCUT2D eigenvalue weighted by Gasteiger charge is -2.42. The molecule has 1 aromatic rings. The molecule has 0 spiro atoms. The lowest BCUT2D eigenvalue weighted by Crippen LogP contribution is -2.53. The van der Waals surface area contributed by atoms with Gasteiger partial charge < -0.3 is 5.73 Å². The minimum absolute atomic E-state index is 0.0999. The van der Waals surface area contributed by atoms with E-state index in [1.54, 1.807) is 0 Å². The van der Waals surface area contributed by atoms with Crippen LogP contribution in [-0.4, -0.2) is 35.0 Å². The minimum atomic E-state index is 0.0999. The third-order valence-electron chi connectivity index (χ3n) is 4.37. The highest BCUT2D eigenvalue weighted by Crippen LogP contribution is 2.41. The summed E-state index contributed by atoms with van der Waals surface area (Å²) in [7, 11) is 2.18. The highest BCUT2D eigenvalue weighted by atomic mass is 35.5. The van der Waals surface area contributed by atoms with Gasteiger partial charge in [0.15, 0.2) is 0 Å². The van der Waals surface area contributed by atoms with Gasteiger partial charge in [-0.25, -0.2) is 0 Å². The predicted molar refractivity (Wildman–Crippen MR) is 86.0 cm³/mol. The molecular formula is C15H23ClN2S. The van der Waals surface area contributed by atoms with Crippen LogP contribution < -0.4 is 5.73 Å². The molecule has 2 nitrogen and oxygen atoms in total. The molecule has 19 heavy (non-hydrogen) atoms. The molecule has 106 valence electrons. The van der Waals surface area contributed by atoms with Crippen molar-refractivity contribution >= 4 is 23.4 Å². The van der Waals surface area contributed by atoms with Crippen LogP contribution in [0.3, 0.4) is 0 Å². The SMILES string of the molecule is CC1CC(CN)(N(C)C(C)c2ccccc2Cl)CS1. The Kier molecular flexibility index (Phi) is 4.83. The van der Waals surface area contributed by atoms with Gasteiger partial charge in [0, 0.05) is 34.2 Å². The molecule has 0 bridgehead atoms. The van der Waals surface area contributed by atoms with Gasteiger partial charge in [0.2, 0.25) is 0 Å². The molecule has 1 heterocycles. The van der Waals surface area contributed by atoms with Gasteiger partial charge in [0.25, 0.3) is 0 Å². The second-order valence-corrected chi connectivity index (χ2v) is 7.40. The van der Waals surface area contributed by atoms with Crippen LogP contribution in [0.25, 0.3) is 0 Å². The van der Waals surface area contributed by atoms with Crippen molar-refractivity contribution in [2.75, 3.05) is 19.3 Å². The molecule has 0 radical (unpaired) electrons. The number of thioether (sulfide) groups is 1. The Bertz CT molecular complexity index is 440. The number of nitrogens with two attached hydrogens (primary N) is 1. The van der Waals surface area contributed by atoms with E-state index in [0.717, 1.165) is 17.2 Å². The first-order valence-electron chi connectivity index (χ1n) is 6.79. The van der Waals surface area contributed by atoms with Gasteiger partial charge in [-0.3, -0.25) is 4.90 Å². The first-order valence-corrected chi connectivity index (χ1v) is 8.22. The number of benzene rings is 1. The summed E-state index contributed by atoms with van der Waals surface area (Å²) in [5.74, 6) is 1.11. The van der Waals surface area contributed by atoms with Crippen molar-refractivity contribution in [1.82, 2.24) is 4.90 Å². The average molecular weight is 299 g/mol. The standard InChI is InChI=1S/C15H23ClN2S/c1-11-8-15(9-17,10-19-11)18(3)12(2)13-6-4-5-7-14(13)16/h4-7,11-12H,8-10,17H2,1-3H3. The van der Waals surface area contributed by atoms with Gasteiger partial charge >= 0.3 is 0 Å². The van der Waals surface area contributed by atoms with Crippen LogP contribution in [0.15, 0.2) is 24.3 Å². The van der Waals surface area contributed by atoms with Crippen molar-refractivity contribution in [2.45, 2.75) is 37.1 Å². The first kappa shape index (κ1) is 15.2. The third kappa shape index (κ3) is 2.94. The van der Waals surface area contributed by atoms with E-state index in [4.69, 9.17) is 17.3 Å². The quantitative estimate of drug-likeness (QED) is 0.921. The number of likely N-dealkylation sites (N-methyl/N-ethyl adjacent to an activating group) is 1. The maximum absolute atomic E-state index is 6.32. The third-order valence-corrected chi connectivity index (χ3v) is 6.15. The van der Waals surface area contributed by atoms with Crippen molar-refractivity contribution in [2.24, 2.45) is 5.73 Å². The molecule has 4 heteroatoms. The normalized spacial score (nSPS) is 28.8. The second kappa shape index (κ2) is 6.04. The molecule has 1 aromatic carbocycles. The Morgan fingerprint density at radius 3 is 2.74 bits per heavy atom. The smallest absolute Gasteiger partial charge is 0.0453 e. The largest absolute Gasteiger partial charge is 0.329 e. The highest BCUT2D eigenvalue weighted by molar-refractivity contribution is 8.00. The summed E-state index contributed by atoms with van der Waals surface area (Å²) in [5, 5.41) is 1.53. The molecule has 1 aliphatic heterocycles. The molecule has 2 N–H and O–H groups in total. The van der Waals surface area contributed by atoms with Crippen LogP contribution in [-0.2, 0) is 0 Å². The first-order chi connectivity index (χ1) is 9.00. The molecular weight excluding hydrogens is 276 g/mol. The molecule has 3 unspecified atom stereocenters. The predicted octanol–water partition coefficient (Wildman–Crippen LogP) is 3.56. The molecule has 2 rings (SSSR count). The summed E-state index contributed by atoms with van der Waals surface area (Å²) < 4.78 is 0. The summed E-state index contributed by atoms with van der Waals surface area (Å²) in [6.45, 7) is 5.21. The molecule has 1 fully saturated rings. The van der Waals surface area contributed by atoms with E-state index in [1.165, 1.54) is 5.56 Å². The second-order valence-electron chi connectivity index (χ2n) is 5.56. The molecule has 0 aromatic heterocycles. The Hall–Kier alpha value is -0.220. The van der Waals surface area contributed by atoms with Crippen LogP contribution in [0.1, 0.15) is 31.9 Å². The summed E-state index contributed by atoms with van der Waals surface area (Å²) in [6.07, 6.45) is 1.15. The lowest BCUT2D eigenvalue weighted by atomic mass is 9.91. The van der Waals surface area contributed by atoms with Crippen LogP contribution in [0.2, 0.25) is 5.02 Å². The van der Waals surface area contributed by atoms with E-state index in [2.05, 4.69) is 31.9 Å². The fourth-order valence-corrected chi connectivity index (χ4v) is 4.67. The van der Waals surface area contributed by atoms with Crippen molar-refractivity contribution in [3.8, 4) is 0 Å². The van der Waals surface area contributed by atoms with Crippen molar-refractivity contribution in [3.63, 3.8) is 0 Å². The Balaban J connectivity index is 2.23. The molecule has 0 amide bonds. The highest BCUT2D eigenvalue weighted by Gasteiger charge is 2.42. The number of rotatable bonds is 4. The topological polar surface area (TPSA) is 29.3 Å². The van der Waals surface area contributed by atoms with E-state index in [1.807, 2.05) is 30.0 Å². The zero-order valence-electron chi connectivity index (χ0n) is 11.9. The fraction of sp³-hybridized carbons (Fsp3) is 0.600. The van der Waals surface area contributed by atoms with Gasteiger partial charge in [-0.15, -0.1) is 0 Å². The van der Waals surface area contributed by atoms with Gasteiger partial charge in [0.1, 0.15) is 0 Å². The monoisotopic (exact) mass is 298 g/mol. The Morgan fingerprint density at radius 1 is 1.53 bits per heavy atom. The van der Waals surface area contributed by atoms with Crippen molar-refractivity contribution in [1.29, 1.82) is 0 Å². The maximum atomic E-state index is 6.32. The lowest BCUT2D eigenvalue weighted by molar-refractivity contribution is 0.103. The van der Waals surface area contributed by atoms with Gasteiger partial charge in [-0.05, 0) is 32.0 Å². The summed E-state index contributed by atoms with van der Waals surface area (Å²) in [5.41, 5.74) is 7.38. The molecule has 1 aliphatic rings. The average Bonchev–Trinajstić information content (AvgIpc) is 2.80. The molecule has 3 atom stereocenters. The summed E-state index contributed by atoms with van der Waals surface area (Å²) in [6, 6.07) is 8.38. The van der Waals surface area contributed by atoms with Crippen LogP contribution >= 0.6 is 23.4 Å². The zero-order chi connectivity index (χ0) is 14.0. The maximum Gasteiger partial charge on any atom is 0.0453 e. The molecule has 0 saturated carbocycles. The van der Waals surface area contributed by atoms with E-state index in [9.17, 15) is 0 Å². The van der Waals surface area contributed by atoms with Gasteiger partial charge in [-0.1, -0.05) is 36.7 Å². The Labute approximate surface area is 125 Å². The Morgan fingerprint density at radius 2 is 2.21 bits per heavy atom. The van der Waals surface area contributed by atoms with Crippen LogP contribution in [0, 0.1) is 0 Å². The van der Waals surface area contributed by atoms with Crippen molar-refractivity contribution < 1.29 is 0 Å². The van der Waals surface area contributed by atoms with E-state index >= 15 is 0 Å².